The van der Waals surface area contributed by atoms with Crippen molar-refractivity contribution in [1.29, 1.82) is 0 Å². The number of rotatable bonds is 5. The zero-order chi connectivity index (χ0) is 24.4. The maximum absolute atomic E-state index is 13.6. The molecule has 1 saturated heterocycles. The second-order valence-corrected chi connectivity index (χ2v) is 10.0. The van der Waals surface area contributed by atoms with E-state index in [0.717, 1.165) is 50.3 Å². The van der Waals surface area contributed by atoms with Gasteiger partial charge in [-0.15, -0.1) is 0 Å². The molecule has 0 atom stereocenters. The molecule has 3 aromatic rings. The van der Waals surface area contributed by atoms with Crippen LogP contribution in [0.25, 0.3) is 5.57 Å². The molecule has 0 N–H and O–H groups in total. The number of hydrogen-bond donors (Lipinski definition) is 0. The van der Waals surface area contributed by atoms with Gasteiger partial charge in [-0.05, 0) is 90.8 Å². The van der Waals surface area contributed by atoms with Gasteiger partial charge in [-0.1, -0.05) is 48.0 Å². The second-order valence-electron chi connectivity index (χ2n) is 10.0. The smallest absolute Gasteiger partial charge is 0.123 e. The van der Waals surface area contributed by atoms with E-state index in [1.54, 1.807) is 0 Å². The summed E-state index contributed by atoms with van der Waals surface area (Å²) in [5.41, 5.74) is 9.33. The Kier molecular flexibility index (Phi) is 7.12. The maximum Gasteiger partial charge on any atom is 0.123 e. The highest BCUT2D eigenvalue weighted by molar-refractivity contribution is 5.71. The van der Waals surface area contributed by atoms with E-state index in [-0.39, 0.29) is 17.7 Å². The van der Waals surface area contributed by atoms with Gasteiger partial charge in [0, 0.05) is 32.7 Å². The van der Waals surface area contributed by atoms with Crippen molar-refractivity contribution in [3.8, 4) is 0 Å². The van der Waals surface area contributed by atoms with Crippen molar-refractivity contribution in [3.05, 3.63) is 112 Å². The zero-order valence-corrected chi connectivity index (χ0v) is 20.7. The van der Waals surface area contributed by atoms with Crippen LogP contribution in [0.1, 0.15) is 52.3 Å². The van der Waals surface area contributed by atoms with Crippen LogP contribution in [0.15, 0.2) is 66.7 Å². The Morgan fingerprint density at radius 2 is 1.40 bits per heavy atom. The minimum atomic E-state index is -0.237. The molecule has 0 spiro atoms. The summed E-state index contributed by atoms with van der Waals surface area (Å²) in [6, 6.07) is 18.1. The van der Waals surface area contributed by atoms with Gasteiger partial charge < -0.3 is 0 Å². The fourth-order valence-corrected chi connectivity index (χ4v) is 5.77. The van der Waals surface area contributed by atoms with E-state index in [4.69, 9.17) is 0 Å². The quantitative estimate of drug-likeness (QED) is 0.407. The molecule has 2 aliphatic rings. The van der Waals surface area contributed by atoms with Crippen molar-refractivity contribution in [3.63, 3.8) is 0 Å². The highest BCUT2D eigenvalue weighted by Gasteiger charge is 2.26. The molecular weight excluding hydrogens is 438 g/mol. The fraction of sp³-hybridized carbons (Fsp3) is 0.355. The number of benzene rings is 3. The lowest BCUT2D eigenvalue weighted by atomic mass is 9.83. The van der Waals surface area contributed by atoms with Gasteiger partial charge in [-0.3, -0.25) is 9.80 Å². The van der Waals surface area contributed by atoms with E-state index in [0.29, 0.717) is 0 Å². The lowest BCUT2D eigenvalue weighted by molar-refractivity contribution is 0.117. The standard InChI is InChI=1S/C31H34F2N2/c1-22-20-23(2)29-5-3-4-24(30(29)21-22)14-15-34-16-18-35(19-17-34)31(25-6-10-27(32)11-7-25)26-8-12-28(33)13-9-26/h6-14,20-21,31H,3-5,15-19H2,1-2H3/b24-14-. The van der Waals surface area contributed by atoms with E-state index < -0.39 is 0 Å². The number of piperazine rings is 1. The van der Waals surface area contributed by atoms with Crippen LogP contribution < -0.4 is 0 Å². The Morgan fingerprint density at radius 3 is 2.00 bits per heavy atom. The number of hydrogen-bond acceptors (Lipinski definition) is 2. The third-order valence-corrected chi connectivity index (χ3v) is 7.58. The molecule has 0 aromatic heterocycles. The summed E-state index contributed by atoms with van der Waals surface area (Å²) < 4.78 is 27.2. The molecule has 3 aromatic carbocycles. The van der Waals surface area contributed by atoms with Crippen LogP contribution in [0.5, 0.6) is 0 Å². The predicted molar refractivity (Wildman–Crippen MR) is 139 cm³/mol. The number of halogens is 2. The summed E-state index contributed by atoms with van der Waals surface area (Å²) >= 11 is 0. The minimum Gasteiger partial charge on any atom is -0.297 e. The monoisotopic (exact) mass is 472 g/mol. The number of aryl methyl sites for hydroxylation is 2. The van der Waals surface area contributed by atoms with Crippen molar-refractivity contribution in [2.45, 2.75) is 39.2 Å². The molecule has 5 rings (SSSR count). The van der Waals surface area contributed by atoms with E-state index in [9.17, 15) is 8.78 Å². The molecular formula is C31H34F2N2. The SMILES string of the molecule is Cc1cc(C)c2c(c1)/C(=C\CN1CCN(C(c3ccc(F)cc3)c3ccc(F)cc3)CC1)CCC2. The summed E-state index contributed by atoms with van der Waals surface area (Å²) in [5, 5.41) is 0. The zero-order valence-electron chi connectivity index (χ0n) is 20.7. The molecule has 1 fully saturated rings. The molecule has 1 heterocycles. The molecule has 0 amide bonds. The molecule has 0 saturated carbocycles. The predicted octanol–water partition coefficient (Wildman–Crippen LogP) is 6.71. The third kappa shape index (κ3) is 5.39. The van der Waals surface area contributed by atoms with E-state index >= 15 is 0 Å². The van der Waals surface area contributed by atoms with Crippen LogP contribution >= 0.6 is 0 Å². The molecule has 4 heteroatoms. The van der Waals surface area contributed by atoms with Crippen molar-refractivity contribution >= 4 is 5.57 Å². The van der Waals surface area contributed by atoms with Gasteiger partial charge in [-0.25, -0.2) is 8.78 Å². The number of allylic oxidation sites excluding steroid dienone is 1. The number of nitrogens with zero attached hydrogens (tertiary/aromatic N) is 2. The Balaban J connectivity index is 1.29. The third-order valence-electron chi connectivity index (χ3n) is 7.58. The lowest BCUT2D eigenvalue weighted by Gasteiger charge is -2.39. The van der Waals surface area contributed by atoms with Crippen LogP contribution in [0, 0.1) is 25.5 Å². The van der Waals surface area contributed by atoms with Crippen molar-refractivity contribution in [2.24, 2.45) is 0 Å². The highest BCUT2D eigenvalue weighted by Crippen LogP contribution is 2.34. The second kappa shape index (κ2) is 10.4. The van der Waals surface area contributed by atoms with Gasteiger partial charge in [0.05, 0.1) is 6.04 Å². The van der Waals surface area contributed by atoms with E-state index in [1.807, 2.05) is 24.3 Å². The van der Waals surface area contributed by atoms with Crippen LogP contribution in [0.2, 0.25) is 0 Å². The van der Waals surface area contributed by atoms with Crippen LogP contribution in [0.4, 0.5) is 8.78 Å². The Morgan fingerprint density at radius 1 is 0.800 bits per heavy atom. The summed E-state index contributed by atoms with van der Waals surface area (Å²) in [7, 11) is 0. The van der Waals surface area contributed by atoms with E-state index in [1.165, 1.54) is 64.9 Å². The molecule has 1 aliphatic heterocycles. The molecule has 0 bridgehead atoms. The number of fused-ring (bicyclic) bond motifs is 1. The summed E-state index contributed by atoms with van der Waals surface area (Å²) in [5.74, 6) is -0.474. The van der Waals surface area contributed by atoms with Crippen molar-refractivity contribution in [2.75, 3.05) is 32.7 Å². The summed E-state index contributed by atoms with van der Waals surface area (Å²) in [6.07, 6.45) is 6.02. The first-order chi connectivity index (χ1) is 17.0. The lowest BCUT2D eigenvalue weighted by Crippen LogP contribution is -2.47. The molecule has 35 heavy (non-hydrogen) atoms. The fourth-order valence-electron chi connectivity index (χ4n) is 5.77. The van der Waals surface area contributed by atoms with Gasteiger partial charge in [0.15, 0.2) is 0 Å². The first kappa shape index (κ1) is 23.9. The van der Waals surface area contributed by atoms with Crippen LogP contribution in [-0.2, 0) is 6.42 Å². The average molecular weight is 473 g/mol. The summed E-state index contributed by atoms with van der Waals surface area (Å²) in [4.78, 5) is 4.96. The van der Waals surface area contributed by atoms with Gasteiger partial charge in [0.25, 0.3) is 0 Å². The topological polar surface area (TPSA) is 6.48 Å². The van der Waals surface area contributed by atoms with Gasteiger partial charge >= 0.3 is 0 Å². The molecule has 0 unspecified atom stereocenters. The maximum atomic E-state index is 13.6. The van der Waals surface area contributed by atoms with Crippen molar-refractivity contribution < 1.29 is 8.78 Å². The Hall–Kier alpha value is -2.82. The molecule has 2 nitrogen and oxygen atoms in total. The van der Waals surface area contributed by atoms with Crippen LogP contribution in [-0.4, -0.2) is 42.5 Å². The van der Waals surface area contributed by atoms with E-state index in [2.05, 4.69) is 41.9 Å². The van der Waals surface area contributed by atoms with Gasteiger partial charge in [-0.2, -0.15) is 0 Å². The Labute approximate surface area is 207 Å². The van der Waals surface area contributed by atoms with Gasteiger partial charge in [0.1, 0.15) is 11.6 Å². The summed E-state index contributed by atoms with van der Waals surface area (Å²) in [6.45, 7) is 9.18. The van der Waals surface area contributed by atoms with Gasteiger partial charge in [0.2, 0.25) is 0 Å². The molecule has 182 valence electrons. The normalized spacial score (nSPS) is 18.3. The minimum absolute atomic E-state index is 0.00660. The van der Waals surface area contributed by atoms with Crippen LogP contribution in [0.3, 0.4) is 0 Å². The first-order valence-electron chi connectivity index (χ1n) is 12.7. The largest absolute Gasteiger partial charge is 0.297 e. The average Bonchev–Trinajstić information content (AvgIpc) is 2.86. The molecule has 1 aliphatic carbocycles. The molecule has 0 radical (unpaired) electrons. The first-order valence-corrected chi connectivity index (χ1v) is 12.7. The highest BCUT2D eigenvalue weighted by atomic mass is 19.1. The Bertz CT molecular complexity index is 1140. The van der Waals surface area contributed by atoms with Crippen molar-refractivity contribution in [1.82, 2.24) is 9.80 Å².